The quantitative estimate of drug-likeness (QED) is 0.582. The number of ether oxygens (including phenoxy) is 1. The standard InChI is InChI=1S/C16H24BrN3O3/c1-5-11-9-12(20-13(17)10-11)14(21)18-7-6-8-19-15(22)23-16(2,3)4/h9-10H,5-8H2,1-4H3,(H,18,21)(H,19,22). The zero-order chi connectivity index (χ0) is 17.5. The van der Waals surface area contributed by atoms with Crippen LogP contribution in [0.15, 0.2) is 16.7 Å². The van der Waals surface area contributed by atoms with Gasteiger partial charge in [-0.15, -0.1) is 0 Å². The third-order valence-electron chi connectivity index (χ3n) is 2.80. The minimum atomic E-state index is -0.512. The second-order valence-electron chi connectivity index (χ2n) is 6.08. The van der Waals surface area contributed by atoms with Crippen LogP contribution in [-0.2, 0) is 11.2 Å². The molecule has 2 amide bonds. The predicted octanol–water partition coefficient (Wildman–Crippen LogP) is 3.05. The Kier molecular flexibility index (Phi) is 7.48. The first-order valence-electron chi connectivity index (χ1n) is 7.63. The van der Waals surface area contributed by atoms with Gasteiger partial charge in [0, 0.05) is 13.1 Å². The van der Waals surface area contributed by atoms with Crippen molar-refractivity contribution in [2.75, 3.05) is 13.1 Å². The zero-order valence-electron chi connectivity index (χ0n) is 14.0. The normalized spacial score (nSPS) is 11.0. The first kappa shape index (κ1) is 19.4. The van der Waals surface area contributed by atoms with E-state index in [2.05, 4.69) is 31.5 Å². The summed E-state index contributed by atoms with van der Waals surface area (Å²) in [6.07, 6.45) is 0.992. The highest BCUT2D eigenvalue weighted by atomic mass is 79.9. The third-order valence-corrected chi connectivity index (χ3v) is 3.21. The summed E-state index contributed by atoms with van der Waals surface area (Å²) in [5.74, 6) is -0.224. The van der Waals surface area contributed by atoms with Gasteiger partial charge in [-0.05, 0) is 67.2 Å². The molecule has 7 heteroatoms. The Morgan fingerprint density at radius 3 is 2.48 bits per heavy atom. The van der Waals surface area contributed by atoms with Crippen LogP contribution in [0.5, 0.6) is 0 Å². The molecule has 1 aromatic heterocycles. The molecule has 1 rings (SSSR count). The molecule has 2 N–H and O–H groups in total. The summed E-state index contributed by atoms with van der Waals surface area (Å²) in [5.41, 5.74) is 0.918. The van der Waals surface area contributed by atoms with Gasteiger partial charge in [0.25, 0.3) is 5.91 Å². The molecule has 0 aromatic carbocycles. The summed E-state index contributed by atoms with van der Waals surface area (Å²) in [6.45, 7) is 8.32. The van der Waals surface area contributed by atoms with Gasteiger partial charge in [-0.3, -0.25) is 4.79 Å². The van der Waals surface area contributed by atoms with E-state index >= 15 is 0 Å². The Labute approximate surface area is 145 Å². The van der Waals surface area contributed by atoms with Gasteiger partial charge in [-0.25, -0.2) is 9.78 Å². The highest BCUT2D eigenvalue weighted by molar-refractivity contribution is 9.10. The molecule has 1 aromatic rings. The number of pyridine rings is 1. The number of nitrogens with zero attached hydrogens (tertiary/aromatic N) is 1. The van der Waals surface area contributed by atoms with Gasteiger partial charge in [-0.1, -0.05) is 6.92 Å². The minimum Gasteiger partial charge on any atom is -0.444 e. The second-order valence-corrected chi connectivity index (χ2v) is 6.89. The van der Waals surface area contributed by atoms with Crippen LogP contribution >= 0.6 is 15.9 Å². The van der Waals surface area contributed by atoms with Gasteiger partial charge >= 0.3 is 6.09 Å². The van der Waals surface area contributed by atoms with E-state index < -0.39 is 11.7 Å². The van der Waals surface area contributed by atoms with Crippen LogP contribution in [0.1, 0.15) is 50.2 Å². The molecule has 0 radical (unpaired) electrons. The van der Waals surface area contributed by atoms with Crippen molar-refractivity contribution in [2.45, 2.75) is 46.1 Å². The van der Waals surface area contributed by atoms with Crippen LogP contribution in [0.4, 0.5) is 4.79 Å². The van der Waals surface area contributed by atoms with E-state index in [1.807, 2.05) is 33.8 Å². The number of carbonyl (C=O) groups is 2. The van der Waals surface area contributed by atoms with Crippen molar-refractivity contribution in [2.24, 2.45) is 0 Å². The Morgan fingerprint density at radius 1 is 1.22 bits per heavy atom. The molecule has 0 spiro atoms. The SMILES string of the molecule is CCc1cc(Br)nc(C(=O)NCCCNC(=O)OC(C)(C)C)c1. The number of carbonyl (C=O) groups excluding carboxylic acids is 2. The maximum Gasteiger partial charge on any atom is 0.407 e. The van der Waals surface area contributed by atoms with Gasteiger partial charge in [0.1, 0.15) is 15.9 Å². The number of hydrogen-bond acceptors (Lipinski definition) is 4. The lowest BCUT2D eigenvalue weighted by molar-refractivity contribution is 0.0527. The van der Waals surface area contributed by atoms with E-state index in [0.717, 1.165) is 12.0 Å². The highest BCUT2D eigenvalue weighted by Gasteiger charge is 2.15. The fourth-order valence-corrected chi connectivity index (χ4v) is 2.24. The van der Waals surface area contributed by atoms with Gasteiger partial charge < -0.3 is 15.4 Å². The molecule has 0 aliphatic rings. The van der Waals surface area contributed by atoms with E-state index in [1.165, 1.54) is 0 Å². The summed E-state index contributed by atoms with van der Waals surface area (Å²) in [6, 6.07) is 3.67. The Balaban J connectivity index is 2.32. The second kappa shape index (κ2) is 8.86. The fourth-order valence-electron chi connectivity index (χ4n) is 1.76. The van der Waals surface area contributed by atoms with Crippen LogP contribution in [0.3, 0.4) is 0 Å². The smallest absolute Gasteiger partial charge is 0.407 e. The third kappa shape index (κ3) is 7.97. The van der Waals surface area contributed by atoms with Crippen molar-refractivity contribution in [3.63, 3.8) is 0 Å². The minimum absolute atomic E-state index is 0.224. The number of nitrogens with one attached hydrogen (secondary N) is 2. The lowest BCUT2D eigenvalue weighted by Crippen LogP contribution is -2.34. The predicted molar refractivity (Wildman–Crippen MR) is 92.5 cm³/mol. The van der Waals surface area contributed by atoms with Crippen molar-refractivity contribution >= 4 is 27.9 Å². The molecule has 23 heavy (non-hydrogen) atoms. The average Bonchev–Trinajstić information content (AvgIpc) is 2.44. The molecule has 0 atom stereocenters. The van der Waals surface area contributed by atoms with Crippen molar-refractivity contribution in [1.29, 1.82) is 0 Å². The van der Waals surface area contributed by atoms with Gasteiger partial charge in [0.05, 0.1) is 0 Å². The highest BCUT2D eigenvalue weighted by Crippen LogP contribution is 2.12. The van der Waals surface area contributed by atoms with Crippen LogP contribution in [0, 0.1) is 0 Å². The van der Waals surface area contributed by atoms with Crippen LogP contribution in [0.2, 0.25) is 0 Å². The van der Waals surface area contributed by atoms with Gasteiger partial charge in [-0.2, -0.15) is 0 Å². The van der Waals surface area contributed by atoms with Crippen LogP contribution in [0.25, 0.3) is 0 Å². The lowest BCUT2D eigenvalue weighted by Gasteiger charge is -2.19. The molecule has 6 nitrogen and oxygen atoms in total. The number of halogens is 1. The topological polar surface area (TPSA) is 80.3 Å². The largest absolute Gasteiger partial charge is 0.444 e. The molecule has 0 saturated carbocycles. The Bertz CT molecular complexity index is 556. The number of hydrogen-bond donors (Lipinski definition) is 2. The van der Waals surface area contributed by atoms with Crippen molar-refractivity contribution in [3.05, 3.63) is 28.0 Å². The molecular formula is C16H24BrN3O3. The lowest BCUT2D eigenvalue weighted by atomic mass is 10.2. The van der Waals surface area contributed by atoms with E-state index in [9.17, 15) is 9.59 Å². The van der Waals surface area contributed by atoms with Crippen molar-refractivity contribution in [3.8, 4) is 0 Å². The first-order valence-corrected chi connectivity index (χ1v) is 8.42. The van der Waals surface area contributed by atoms with Gasteiger partial charge in [0.2, 0.25) is 0 Å². The van der Waals surface area contributed by atoms with E-state index in [-0.39, 0.29) is 5.91 Å². The van der Waals surface area contributed by atoms with Crippen LogP contribution < -0.4 is 10.6 Å². The molecule has 0 aliphatic carbocycles. The number of amides is 2. The average molecular weight is 386 g/mol. The van der Waals surface area contributed by atoms with E-state index in [4.69, 9.17) is 4.74 Å². The zero-order valence-corrected chi connectivity index (χ0v) is 15.6. The number of aromatic nitrogens is 1. The molecular weight excluding hydrogens is 362 g/mol. The molecule has 0 saturated heterocycles. The molecule has 0 aliphatic heterocycles. The fraction of sp³-hybridized carbons (Fsp3) is 0.562. The number of aryl methyl sites for hydroxylation is 1. The summed E-state index contributed by atoms with van der Waals surface area (Å²) < 4.78 is 5.77. The Hall–Kier alpha value is -1.63. The maximum absolute atomic E-state index is 12.0. The number of rotatable bonds is 6. The molecule has 1 heterocycles. The molecule has 0 unspecified atom stereocenters. The van der Waals surface area contributed by atoms with E-state index in [1.54, 1.807) is 6.07 Å². The number of alkyl carbamates (subject to hydrolysis) is 1. The molecule has 0 fully saturated rings. The molecule has 0 bridgehead atoms. The maximum atomic E-state index is 12.0. The van der Waals surface area contributed by atoms with Crippen LogP contribution in [-0.4, -0.2) is 35.7 Å². The summed E-state index contributed by atoms with van der Waals surface area (Å²) in [5, 5.41) is 5.43. The monoisotopic (exact) mass is 385 g/mol. The molecule has 128 valence electrons. The summed E-state index contributed by atoms with van der Waals surface area (Å²) in [4.78, 5) is 27.7. The first-order chi connectivity index (χ1) is 10.7. The Morgan fingerprint density at radius 2 is 1.87 bits per heavy atom. The van der Waals surface area contributed by atoms with Crippen molar-refractivity contribution in [1.82, 2.24) is 15.6 Å². The summed E-state index contributed by atoms with van der Waals surface area (Å²) >= 11 is 3.30. The van der Waals surface area contributed by atoms with Gasteiger partial charge in [0.15, 0.2) is 0 Å². The van der Waals surface area contributed by atoms with E-state index in [0.29, 0.717) is 29.8 Å². The summed E-state index contributed by atoms with van der Waals surface area (Å²) in [7, 11) is 0. The van der Waals surface area contributed by atoms with Crippen molar-refractivity contribution < 1.29 is 14.3 Å².